The molecule has 2 amide bonds. The van der Waals surface area contributed by atoms with Crippen LogP contribution in [-0.4, -0.2) is 70.1 Å². The molecule has 0 aliphatic carbocycles. The van der Waals surface area contributed by atoms with Crippen molar-refractivity contribution in [1.82, 2.24) is 29.9 Å². The molecule has 1 aromatic heterocycles. The fourth-order valence-electron chi connectivity index (χ4n) is 4.22. The van der Waals surface area contributed by atoms with Gasteiger partial charge >= 0.3 is 6.18 Å². The van der Waals surface area contributed by atoms with Gasteiger partial charge in [0.05, 0.1) is 24.6 Å². The summed E-state index contributed by atoms with van der Waals surface area (Å²) >= 11 is 0. The number of hydrogen-bond donors (Lipinski definition) is 1. The first-order valence-corrected chi connectivity index (χ1v) is 11.7. The van der Waals surface area contributed by atoms with E-state index in [1.165, 1.54) is 12.1 Å². The van der Waals surface area contributed by atoms with Gasteiger partial charge in [-0.25, -0.2) is 0 Å². The molecule has 0 saturated carbocycles. The molecule has 0 spiro atoms. The van der Waals surface area contributed by atoms with E-state index in [4.69, 9.17) is 0 Å². The van der Waals surface area contributed by atoms with Crippen LogP contribution < -0.4 is 5.32 Å². The molecule has 11 heteroatoms. The number of alkyl halides is 3. The highest BCUT2D eigenvalue weighted by molar-refractivity contribution is 5.79. The minimum Gasteiger partial charge on any atom is -0.345 e. The van der Waals surface area contributed by atoms with Gasteiger partial charge in [0, 0.05) is 26.1 Å². The predicted octanol–water partition coefficient (Wildman–Crippen LogP) is 2.69. The molecule has 35 heavy (non-hydrogen) atoms. The lowest BCUT2D eigenvalue weighted by Gasteiger charge is -2.23. The number of nitrogens with one attached hydrogen (secondary N) is 1. The average molecular weight is 495 g/mol. The molecule has 0 unspecified atom stereocenters. The lowest BCUT2D eigenvalue weighted by molar-refractivity contribution is -0.138. The maximum absolute atomic E-state index is 13.0. The topological polar surface area (TPSA) is 83.4 Å². The van der Waals surface area contributed by atoms with Crippen LogP contribution in [0.15, 0.2) is 24.3 Å². The van der Waals surface area contributed by atoms with E-state index in [1.54, 1.807) is 9.80 Å². The molecular weight excluding hydrogens is 461 g/mol. The van der Waals surface area contributed by atoms with Crippen LogP contribution in [0.3, 0.4) is 0 Å². The second-order valence-corrected chi connectivity index (χ2v) is 9.62. The first-order valence-electron chi connectivity index (χ1n) is 11.7. The average Bonchev–Trinajstić information content (AvgIpc) is 3.02. The van der Waals surface area contributed by atoms with Gasteiger partial charge < -0.3 is 19.7 Å². The second kappa shape index (κ2) is 11.2. The number of likely N-dealkylation sites (N-methyl/N-ethyl adjacent to an activating group) is 1. The molecule has 1 aliphatic heterocycles. The number of carbonyl (C=O) groups is 2. The van der Waals surface area contributed by atoms with Crippen LogP contribution in [0, 0.1) is 5.92 Å². The summed E-state index contributed by atoms with van der Waals surface area (Å²) in [4.78, 5) is 28.8. The Bertz CT molecular complexity index is 1030. The molecule has 0 bridgehead atoms. The minimum atomic E-state index is -4.45. The monoisotopic (exact) mass is 494 g/mol. The third kappa shape index (κ3) is 7.27. The summed E-state index contributed by atoms with van der Waals surface area (Å²) in [5, 5.41) is 11.7. The van der Waals surface area contributed by atoms with E-state index < -0.39 is 11.7 Å². The Labute approximate surface area is 203 Å². The standard InChI is InChI=1S/C24H33F3N6O2/c1-16(2)12-19(28-21(34)15-31(3)4)23-30-29-20-8-9-32(10-11-33(20)23)22(35)14-17-6-5-7-18(13-17)24(25,26)27/h5-7,13,16,19H,8-12,14-15H2,1-4H3,(H,28,34)/t19-/m0/s1. The SMILES string of the molecule is CC(C)C[C@H](NC(=O)CN(C)C)c1nnc2n1CCN(C(=O)Cc1cccc(C(F)(F)F)c1)CC2. The third-order valence-corrected chi connectivity index (χ3v) is 5.83. The molecular formula is C24H33F3N6O2. The van der Waals surface area contributed by atoms with Crippen molar-refractivity contribution in [1.29, 1.82) is 0 Å². The Balaban J connectivity index is 1.71. The van der Waals surface area contributed by atoms with Gasteiger partial charge in [-0.3, -0.25) is 9.59 Å². The number of hydrogen-bond acceptors (Lipinski definition) is 5. The van der Waals surface area contributed by atoms with E-state index in [-0.39, 0.29) is 30.8 Å². The summed E-state index contributed by atoms with van der Waals surface area (Å²) in [7, 11) is 3.65. The molecule has 1 atom stereocenters. The second-order valence-electron chi connectivity index (χ2n) is 9.62. The molecule has 2 heterocycles. The van der Waals surface area contributed by atoms with Crippen LogP contribution in [0.4, 0.5) is 13.2 Å². The Morgan fingerprint density at radius 3 is 2.54 bits per heavy atom. The van der Waals surface area contributed by atoms with Gasteiger partial charge in [0.25, 0.3) is 0 Å². The smallest absolute Gasteiger partial charge is 0.345 e. The maximum Gasteiger partial charge on any atom is 0.416 e. The van der Waals surface area contributed by atoms with Crippen molar-refractivity contribution in [2.45, 2.75) is 51.9 Å². The van der Waals surface area contributed by atoms with Crippen molar-refractivity contribution in [2.24, 2.45) is 5.92 Å². The van der Waals surface area contributed by atoms with Crippen molar-refractivity contribution in [2.75, 3.05) is 33.7 Å². The van der Waals surface area contributed by atoms with E-state index in [1.807, 2.05) is 18.7 Å². The zero-order valence-electron chi connectivity index (χ0n) is 20.6. The minimum absolute atomic E-state index is 0.103. The summed E-state index contributed by atoms with van der Waals surface area (Å²) in [5.41, 5.74) is -0.434. The number of aromatic nitrogens is 3. The van der Waals surface area contributed by atoms with Crippen LogP contribution in [-0.2, 0) is 35.2 Å². The van der Waals surface area contributed by atoms with Gasteiger partial charge in [-0.15, -0.1) is 10.2 Å². The lowest BCUT2D eigenvalue weighted by Crippen LogP contribution is -2.38. The lowest BCUT2D eigenvalue weighted by atomic mass is 10.0. The molecule has 0 saturated heterocycles. The Morgan fingerprint density at radius 1 is 1.14 bits per heavy atom. The first kappa shape index (κ1) is 26.7. The highest BCUT2D eigenvalue weighted by atomic mass is 19.4. The fourth-order valence-corrected chi connectivity index (χ4v) is 4.22. The largest absolute Gasteiger partial charge is 0.416 e. The molecule has 1 N–H and O–H groups in total. The molecule has 1 aromatic carbocycles. The quantitative estimate of drug-likeness (QED) is 0.610. The number of carbonyl (C=O) groups excluding carboxylic acids is 2. The molecule has 3 rings (SSSR count). The van der Waals surface area contributed by atoms with E-state index in [0.29, 0.717) is 49.8 Å². The number of halogens is 3. The van der Waals surface area contributed by atoms with E-state index in [9.17, 15) is 22.8 Å². The van der Waals surface area contributed by atoms with Crippen LogP contribution in [0.1, 0.15) is 49.1 Å². The molecule has 192 valence electrons. The van der Waals surface area contributed by atoms with Gasteiger partial charge in [-0.1, -0.05) is 32.0 Å². The van der Waals surface area contributed by atoms with Crippen LogP contribution in [0.5, 0.6) is 0 Å². The van der Waals surface area contributed by atoms with Crippen molar-refractivity contribution < 1.29 is 22.8 Å². The van der Waals surface area contributed by atoms with Gasteiger partial charge in [0.15, 0.2) is 5.82 Å². The van der Waals surface area contributed by atoms with E-state index in [2.05, 4.69) is 29.4 Å². The first-order chi connectivity index (χ1) is 16.4. The molecule has 8 nitrogen and oxygen atoms in total. The normalized spacial score (nSPS) is 15.2. The van der Waals surface area contributed by atoms with E-state index >= 15 is 0 Å². The Kier molecular flexibility index (Phi) is 8.52. The van der Waals surface area contributed by atoms with Crippen molar-refractivity contribution in [3.05, 3.63) is 47.0 Å². The number of fused-ring (bicyclic) bond motifs is 1. The van der Waals surface area contributed by atoms with Gasteiger partial charge in [0.2, 0.25) is 11.8 Å². The molecule has 2 aromatic rings. The number of benzene rings is 1. The molecule has 0 fully saturated rings. The van der Waals surface area contributed by atoms with E-state index in [0.717, 1.165) is 18.0 Å². The van der Waals surface area contributed by atoms with Crippen LogP contribution >= 0.6 is 0 Å². The summed E-state index contributed by atoms with van der Waals surface area (Å²) in [6, 6.07) is 4.57. The summed E-state index contributed by atoms with van der Waals surface area (Å²) in [6.07, 6.45) is -3.39. The summed E-state index contributed by atoms with van der Waals surface area (Å²) in [6.45, 7) is 5.63. The van der Waals surface area contributed by atoms with Crippen LogP contribution in [0.25, 0.3) is 0 Å². The zero-order valence-corrected chi connectivity index (χ0v) is 20.6. The predicted molar refractivity (Wildman–Crippen MR) is 124 cm³/mol. The Hall–Kier alpha value is -2.95. The van der Waals surface area contributed by atoms with Crippen molar-refractivity contribution >= 4 is 11.8 Å². The maximum atomic E-state index is 13.0. The summed E-state index contributed by atoms with van der Waals surface area (Å²) < 4.78 is 41.0. The van der Waals surface area contributed by atoms with Gasteiger partial charge in [-0.05, 0) is 38.1 Å². The molecule has 0 radical (unpaired) electrons. The van der Waals surface area contributed by atoms with Gasteiger partial charge in [-0.2, -0.15) is 13.2 Å². The van der Waals surface area contributed by atoms with Gasteiger partial charge in [0.1, 0.15) is 5.82 Å². The highest BCUT2D eigenvalue weighted by Crippen LogP contribution is 2.30. The van der Waals surface area contributed by atoms with Crippen LogP contribution in [0.2, 0.25) is 0 Å². The van der Waals surface area contributed by atoms with Crippen molar-refractivity contribution in [3.63, 3.8) is 0 Å². The fraction of sp³-hybridized carbons (Fsp3) is 0.583. The molecule has 1 aliphatic rings. The third-order valence-electron chi connectivity index (χ3n) is 5.83. The van der Waals surface area contributed by atoms with Crippen molar-refractivity contribution in [3.8, 4) is 0 Å². The number of rotatable bonds is 8. The zero-order chi connectivity index (χ0) is 25.8. The number of nitrogens with zero attached hydrogens (tertiary/aromatic N) is 5. The number of amides is 2. The highest BCUT2D eigenvalue weighted by Gasteiger charge is 2.31. The summed E-state index contributed by atoms with van der Waals surface area (Å²) in [5.74, 6) is 1.36. The Morgan fingerprint density at radius 2 is 1.89 bits per heavy atom.